The van der Waals surface area contributed by atoms with Gasteiger partial charge in [-0.25, -0.2) is 4.79 Å². The fourth-order valence-electron chi connectivity index (χ4n) is 1.72. The van der Waals surface area contributed by atoms with E-state index in [1.165, 1.54) is 5.56 Å². The lowest BCUT2D eigenvalue weighted by Crippen LogP contribution is -2.05. The van der Waals surface area contributed by atoms with Crippen molar-refractivity contribution in [3.63, 3.8) is 0 Å². The Morgan fingerprint density at radius 2 is 2.33 bits per heavy atom. The minimum atomic E-state index is -0.224. The van der Waals surface area contributed by atoms with Gasteiger partial charge < -0.3 is 4.74 Å². The van der Waals surface area contributed by atoms with Crippen LogP contribution in [-0.2, 0) is 16.0 Å². The van der Waals surface area contributed by atoms with Gasteiger partial charge in [0.2, 0.25) is 0 Å². The first-order chi connectivity index (χ1) is 7.22. The van der Waals surface area contributed by atoms with Crippen LogP contribution in [0.1, 0.15) is 18.1 Å². The maximum absolute atomic E-state index is 11.6. The van der Waals surface area contributed by atoms with Gasteiger partial charge in [0.05, 0.1) is 12.2 Å². The van der Waals surface area contributed by atoms with Crippen molar-refractivity contribution in [2.45, 2.75) is 13.3 Å². The Morgan fingerprint density at radius 1 is 1.53 bits per heavy atom. The van der Waals surface area contributed by atoms with Gasteiger partial charge >= 0.3 is 5.97 Å². The minimum absolute atomic E-state index is 0.224. The lowest BCUT2D eigenvalue weighted by molar-refractivity contribution is -0.136. The van der Waals surface area contributed by atoms with Crippen molar-refractivity contribution in [2.24, 2.45) is 0 Å². The molecule has 0 unspecified atom stereocenters. The first kappa shape index (κ1) is 10.4. The number of hydrogen-bond donors (Lipinski definition) is 0. The first-order valence-electron chi connectivity index (χ1n) is 4.88. The van der Waals surface area contributed by atoms with Gasteiger partial charge in [0.15, 0.2) is 0 Å². The van der Waals surface area contributed by atoms with E-state index in [4.69, 9.17) is 4.74 Å². The molecule has 0 N–H and O–H groups in total. The van der Waals surface area contributed by atoms with Gasteiger partial charge in [-0.1, -0.05) is 28.1 Å². The maximum Gasteiger partial charge on any atom is 0.338 e. The number of hydrogen-bond acceptors (Lipinski definition) is 2. The Hall–Kier alpha value is -1.09. The smallest absolute Gasteiger partial charge is 0.338 e. The molecule has 2 nitrogen and oxygen atoms in total. The van der Waals surface area contributed by atoms with Crippen LogP contribution in [0.15, 0.2) is 28.7 Å². The average Bonchev–Trinajstić information content (AvgIpc) is 2.60. The van der Waals surface area contributed by atoms with Gasteiger partial charge in [-0.3, -0.25) is 0 Å². The second kappa shape index (κ2) is 4.19. The third-order valence-electron chi connectivity index (χ3n) is 2.38. The molecule has 0 atom stereocenters. The molecule has 1 aliphatic carbocycles. The molecule has 0 aromatic heterocycles. The molecule has 0 aliphatic heterocycles. The van der Waals surface area contributed by atoms with Crippen LogP contribution in [0.25, 0.3) is 5.57 Å². The summed E-state index contributed by atoms with van der Waals surface area (Å²) in [4.78, 5) is 11.6. The van der Waals surface area contributed by atoms with Gasteiger partial charge in [0.25, 0.3) is 0 Å². The second-order valence-electron chi connectivity index (χ2n) is 3.34. The highest BCUT2D eigenvalue weighted by Gasteiger charge is 2.20. The van der Waals surface area contributed by atoms with Crippen molar-refractivity contribution in [1.29, 1.82) is 0 Å². The topological polar surface area (TPSA) is 26.3 Å². The van der Waals surface area contributed by atoms with E-state index in [0.717, 1.165) is 16.5 Å². The fourth-order valence-corrected chi connectivity index (χ4v) is 2.13. The Labute approximate surface area is 97.1 Å². The highest BCUT2D eigenvalue weighted by molar-refractivity contribution is 9.10. The number of fused-ring (bicyclic) bond motifs is 1. The number of ether oxygens (including phenoxy) is 1. The molecule has 3 heteroatoms. The molecule has 0 bridgehead atoms. The molecule has 78 valence electrons. The number of carbonyl (C=O) groups is 1. The lowest BCUT2D eigenvalue weighted by Gasteiger charge is -2.05. The molecule has 0 saturated heterocycles. The van der Waals surface area contributed by atoms with Crippen molar-refractivity contribution in [3.05, 3.63) is 39.9 Å². The summed E-state index contributed by atoms with van der Waals surface area (Å²) < 4.78 is 6.04. The maximum atomic E-state index is 11.6. The predicted molar refractivity (Wildman–Crippen MR) is 62.5 cm³/mol. The van der Waals surface area contributed by atoms with Gasteiger partial charge in [-0.05, 0) is 36.6 Å². The van der Waals surface area contributed by atoms with Crippen LogP contribution >= 0.6 is 15.9 Å². The van der Waals surface area contributed by atoms with Crippen molar-refractivity contribution < 1.29 is 9.53 Å². The zero-order valence-corrected chi connectivity index (χ0v) is 10.0. The average molecular weight is 267 g/mol. The largest absolute Gasteiger partial charge is 0.462 e. The molecule has 0 spiro atoms. The number of rotatable bonds is 2. The fraction of sp³-hybridized carbons (Fsp3) is 0.250. The summed E-state index contributed by atoms with van der Waals surface area (Å²) in [5.41, 5.74) is 2.86. The number of benzene rings is 1. The van der Waals surface area contributed by atoms with Crippen molar-refractivity contribution >= 4 is 27.5 Å². The van der Waals surface area contributed by atoms with Crippen LogP contribution in [0.5, 0.6) is 0 Å². The van der Waals surface area contributed by atoms with E-state index in [2.05, 4.69) is 15.9 Å². The van der Waals surface area contributed by atoms with Crippen LogP contribution in [0, 0.1) is 0 Å². The summed E-state index contributed by atoms with van der Waals surface area (Å²) in [6, 6.07) is 5.93. The van der Waals surface area contributed by atoms with E-state index in [-0.39, 0.29) is 5.97 Å². The molecule has 0 radical (unpaired) electrons. The Balaban J connectivity index is 2.31. The molecule has 0 heterocycles. The van der Waals surface area contributed by atoms with Crippen LogP contribution in [0.2, 0.25) is 0 Å². The van der Waals surface area contributed by atoms with E-state index in [9.17, 15) is 4.79 Å². The summed E-state index contributed by atoms with van der Waals surface area (Å²) in [6.07, 6.45) is 2.73. The van der Waals surface area contributed by atoms with Crippen LogP contribution in [-0.4, -0.2) is 12.6 Å². The standard InChI is InChI=1S/C12H11BrO2/c1-2-15-12(14)11-5-3-8-7-9(13)4-6-10(8)11/h4-7H,2-3H2,1H3. The molecular formula is C12H11BrO2. The summed E-state index contributed by atoms with van der Waals surface area (Å²) in [5.74, 6) is -0.224. The predicted octanol–water partition coefficient (Wildman–Crippen LogP) is 2.95. The minimum Gasteiger partial charge on any atom is -0.462 e. The third-order valence-corrected chi connectivity index (χ3v) is 2.87. The Morgan fingerprint density at radius 3 is 3.07 bits per heavy atom. The molecule has 0 saturated carbocycles. The summed E-state index contributed by atoms with van der Waals surface area (Å²) in [5, 5.41) is 0. The lowest BCUT2D eigenvalue weighted by atomic mass is 10.1. The Kier molecular flexibility index (Phi) is 2.91. The van der Waals surface area contributed by atoms with E-state index in [1.54, 1.807) is 0 Å². The number of carbonyl (C=O) groups excluding carboxylic acids is 1. The summed E-state index contributed by atoms with van der Waals surface area (Å²) in [7, 11) is 0. The van der Waals surface area contributed by atoms with Gasteiger partial charge in [0, 0.05) is 4.47 Å². The van der Waals surface area contributed by atoms with E-state index < -0.39 is 0 Å². The molecule has 1 aromatic carbocycles. The van der Waals surface area contributed by atoms with Gasteiger partial charge in [-0.2, -0.15) is 0 Å². The molecule has 2 rings (SSSR count). The molecule has 1 aliphatic rings. The van der Waals surface area contributed by atoms with Crippen molar-refractivity contribution in [1.82, 2.24) is 0 Å². The summed E-state index contributed by atoms with van der Waals surface area (Å²) >= 11 is 3.41. The van der Waals surface area contributed by atoms with E-state index in [1.807, 2.05) is 31.2 Å². The molecular weight excluding hydrogens is 256 g/mol. The highest BCUT2D eigenvalue weighted by Crippen LogP contribution is 2.30. The molecule has 15 heavy (non-hydrogen) atoms. The zero-order chi connectivity index (χ0) is 10.8. The SMILES string of the molecule is CCOC(=O)C1=CCc2cc(Br)ccc21. The van der Waals surface area contributed by atoms with Crippen LogP contribution in [0.4, 0.5) is 0 Å². The molecule has 0 amide bonds. The summed E-state index contributed by atoms with van der Waals surface area (Å²) in [6.45, 7) is 2.23. The highest BCUT2D eigenvalue weighted by atomic mass is 79.9. The Bertz CT molecular complexity index is 435. The third kappa shape index (κ3) is 1.97. The molecule has 1 aromatic rings. The normalized spacial score (nSPS) is 13.3. The van der Waals surface area contributed by atoms with Crippen LogP contribution in [0.3, 0.4) is 0 Å². The van der Waals surface area contributed by atoms with E-state index >= 15 is 0 Å². The number of esters is 1. The molecule has 0 fully saturated rings. The second-order valence-corrected chi connectivity index (χ2v) is 4.26. The van der Waals surface area contributed by atoms with Crippen molar-refractivity contribution in [3.8, 4) is 0 Å². The van der Waals surface area contributed by atoms with Gasteiger partial charge in [0.1, 0.15) is 0 Å². The van der Waals surface area contributed by atoms with Crippen molar-refractivity contribution in [2.75, 3.05) is 6.61 Å². The number of halogens is 1. The van der Waals surface area contributed by atoms with E-state index in [0.29, 0.717) is 12.2 Å². The quantitative estimate of drug-likeness (QED) is 0.770. The monoisotopic (exact) mass is 266 g/mol. The number of allylic oxidation sites excluding steroid dienone is 1. The van der Waals surface area contributed by atoms with Crippen LogP contribution < -0.4 is 0 Å². The van der Waals surface area contributed by atoms with Gasteiger partial charge in [-0.15, -0.1) is 0 Å². The zero-order valence-electron chi connectivity index (χ0n) is 8.42. The first-order valence-corrected chi connectivity index (χ1v) is 5.67.